The van der Waals surface area contributed by atoms with Gasteiger partial charge in [0.2, 0.25) is 0 Å². The Labute approximate surface area is 152 Å². The van der Waals surface area contributed by atoms with E-state index in [-0.39, 0.29) is 5.91 Å². The number of thiophene rings is 1. The second-order valence-corrected chi connectivity index (χ2v) is 8.19. The highest BCUT2D eigenvalue weighted by molar-refractivity contribution is 7.14. The fourth-order valence-electron chi connectivity index (χ4n) is 3.78. The lowest BCUT2D eigenvalue weighted by Gasteiger charge is -2.19. The predicted molar refractivity (Wildman–Crippen MR) is 97.8 cm³/mol. The van der Waals surface area contributed by atoms with Gasteiger partial charge in [-0.05, 0) is 56.2 Å². The Morgan fingerprint density at radius 2 is 2.12 bits per heavy atom. The average molecular weight is 359 g/mol. The molecule has 0 fully saturated rings. The first kappa shape index (κ1) is 16.8. The Kier molecular flexibility index (Phi) is 4.65. The van der Waals surface area contributed by atoms with Gasteiger partial charge < -0.3 is 10.0 Å². The molecule has 0 spiro atoms. The molecule has 1 amide bonds. The maximum absolute atomic E-state index is 13.0. The number of nitrogens with zero attached hydrogens (tertiary/aromatic N) is 3. The Hall–Kier alpha value is -1.66. The second kappa shape index (κ2) is 6.92. The minimum absolute atomic E-state index is 0.145. The van der Waals surface area contributed by atoms with Crippen molar-refractivity contribution in [3.8, 4) is 0 Å². The summed E-state index contributed by atoms with van der Waals surface area (Å²) in [6.45, 7) is 4.08. The van der Waals surface area contributed by atoms with Gasteiger partial charge in [-0.1, -0.05) is 6.92 Å². The van der Waals surface area contributed by atoms with Crippen LogP contribution < -0.4 is 0 Å². The van der Waals surface area contributed by atoms with Gasteiger partial charge in [-0.2, -0.15) is 5.10 Å². The zero-order valence-electron chi connectivity index (χ0n) is 14.7. The van der Waals surface area contributed by atoms with E-state index < -0.39 is 6.10 Å². The summed E-state index contributed by atoms with van der Waals surface area (Å²) in [7, 11) is 0. The van der Waals surface area contributed by atoms with Crippen molar-refractivity contribution in [1.29, 1.82) is 0 Å². The molecule has 1 N–H and O–H groups in total. The summed E-state index contributed by atoms with van der Waals surface area (Å²) in [5, 5.41) is 14.6. The van der Waals surface area contributed by atoms with Gasteiger partial charge >= 0.3 is 0 Å². The molecular formula is C19H25N3O2S. The second-order valence-electron chi connectivity index (χ2n) is 7.05. The van der Waals surface area contributed by atoms with Crippen molar-refractivity contribution in [1.82, 2.24) is 14.7 Å². The third-order valence-corrected chi connectivity index (χ3v) is 6.48. The molecule has 134 valence electrons. The maximum atomic E-state index is 13.0. The van der Waals surface area contributed by atoms with Gasteiger partial charge in [0, 0.05) is 18.0 Å². The summed E-state index contributed by atoms with van der Waals surface area (Å²) in [6.07, 6.45) is 5.75. The number of rotatable bonds is 3. The van der Waals surface area contributed by atoms with E-state index >= 15 is 0 Å². The highest BCUT2D eigenvalue weighted by Crippen LogP contribution is 2.31. The van der Waals surface area contributed by atoms with Crippen molar-refractivity contribution in [3.05, 3.63) is 38.8 Å². The monoisotopic (exact) mass is 359 g/mol. The Bertz CT molecular complexity index is 756. The van der Waals surface area contributed by atoms with Crippen LogP contribution in [0.3, 0.4) is 0 Å². The molecule has 2 aromatic heterocycles. The van der Waals surface area contributed by atoms with Crippen LogP contribution in [0.2, 0.25) is 0 Å². The molecule has 0 aromatic carbocycles. The zero-order valence-corrected chi connectivity index (χ0v) is 15.5. The van der Waals surface area contributed by atoms with Gasteiger partial charge in [0.25, 0.3) is 5.91 Å². The molecule has 5 nitrogen and oxygen atoms in total. The standard InChI is InChI=1S/C19H25N3O2S/c1-2-16(23)15-11-14-12-21(8-5-9-22(14)20-15)19(24)18-10-13-6-3-4-7-17(13)25-18/h10-11,16,23H,2-9,12H2,1H3/t16-/m1/s1. The number of aliphatic hydroxyl groups is 1. The van der Waals surface area contributed by atoms with Crippen molar-refractivity contribution < 1.29 is 9.90 Å². The molecule has 2 aliphatic rings. The van der Waals surface area contributed by atoms with Crippen molar-refractivity contribution >= 4 is 17.2 Å². The van der Waals surface area contributed by atoms with E-state index in [1.807, 2.05) is 22.6 Å². The Morgan fingerprint density at radius 3 is 2.92 bits per heavy atom. The highest BCUT2D eigenvalue weighted by atomic mass is 32.1. The van der Waals surface area contributed by atoms with Crippen LogP contribution in [0.15, 0.2) is 12.1 Å². The summed E-state index contributed by atoms with van der Waals surface area (Å²) in [5.41, 5.74) is 3.13. The zero-order chi connectivity index (χ0) is 17.4. The average Bonchev–Trinajstić information content (AvgIpc) is 3.19. The molecule has 0 saturated heterocycles. The molecule has 1 aliphatic heterocycles. The van der Waals surface area contributed by atoms with Gasteiger partial charge in [-0.15, -0.1) is 11.3 Å². The number of fused-ring (bicyclic) bond motifs is 2. The third kappa shape index (κ3) is 3.25. The van der Waals surface area contributed by atoms with E-state index in [9.17, 15) is 9.90 Å². The molecule has 0 saturated carbocycles. The molecule has 0 unspecified atom stereocenters. The molecule has 2 aromatic rings. The normalized spacial score (nSPS) is 18.4. The smallest absolute Gasteiger partial charge is 0.264 e. The number of aliphatic hydroxyl groups excluding tert-OH is 1. The van der Waals surface area contributed by atoms with Crippen LogP contribution in [0.25, 0.3) is 0 Å². The van der Waals surface area contributed by atoms with Gasteiger partial charge in [0.1, 0.15) is 0 Å². The molecule has 0 bridgehead atoms. The lowest BCUT2D eigenvalue weighted by atomic mass is 9.99. The van der Waals surface area contributed by atoms with Gasteiger partial charge in [-0.25, -0.2) is 0 Å². The van der Waals surface area contributed by atoms with E-state index in [1.54, 1.807) is 11.3 Å². The lowest BCUT2D eigenvalue weighted by Crippen LogP contribution is -2.30. The van der Waals surface area contributed by atoms with Crippen LogP contribution in [0.4, 0.5) is 0 Å². The molecule has 3 heterocycles. The molecule has 25 heavy (non-hydrogen) atoms. The van der Waals surface area contributed by atoms with E-state index in [2.05, 4.69) is 11.2 Å². The molecule has 4 rings (SSSR count). The van der Waals surface area contributed by atoms with Crippen LogP contribution in [-0.4, -0.2) is 32.2 Å². The quantitative estimate of drug-likeness (QED) is 0.915. The van der Waals surface area contributed by atoms with Crippen LogP contribution in [0, 0.1) is 0 Å². The topological polar surface area (TPSA) is 58.4 Å². The number of aryl methyl sites for hydroxylation is 3. The van der Waals surface area contributed by atoms with Gasteiger partial charge in [0.15, 0.2) is 0 Å². The minimum Gasteiger partial charge on any atom is -0.387 e. The minimum atomic E-state index is -0.521. The molecule has 6 heteroatoms. The van der Waals surface area contributed by atoms with E-state index in [0.717, 1.165) is 48.6 Å². The Morgan fingerprint density at radius 1 is 1.28 bits per heavy atom. The first-order chi connectivity index (χ1) is 12.2. The lowest BCUT2D eigenvalue weighted by molar-refractivity contribution is 0.0750. The number of hydrogen-bond donors (Lipinski definition) is 1. The number of carbonyl (C=O) groups excluding carboxylic acids is 1. The van der Waals surface area contributed by atoms with Gasteiger partial charge in [0.05, 0.1) is 28.9 Å². The summed E-state index contributed by atoms with van der Waals surface area (Å²) in [6, 6.07) is 4.08. The largest absolute Gasteiger partial charge is 0.387 e. The van der Waals surface area contributed by atoms with Crippen molar-refractivity contribution in [2.45, 2.75) is 64.6 Å². The summed E-state index contributed by atoms with van der Waals surface area (Å²) in [5.74, 6) is 0.145. The number of hydrogen-bond acceptors (Lipinski definition) is 4. The fourth-order valence-corrected chi connectivity index (χ4v) is 5.00. The Balaban J connectivity index is 1.55. The van der Waals surface area contributed by atoms with E-state index in [0.29, 0.717) is 13.0 Å². The maximum Gasteiger partial charge on any atom is 0.264 e. The molecule has 0 radical (unpaired) electrons. The molecular weight excluding hydrogens is 334 g/mol. The van der Waals surface area contributed by atoms with Crippen LogP contribution in [0.1, 0.15) is 70.2 Å². The summed E-state index contributed by atoms with van der Waals surface area (Å²) in [4.78, 5) is 17.3. The van der Waals surface area contributed by atoms with Crippen LogP contribution in [0.5, 0.6) is 0 Å². The summed E-state index contributed by atoms with van der Waals surface area (Å²) < 4.78 is 1.96. The van der Waals surface area contributed by atoms with E-state index in [4.69, 9.17) is 0 Å². The first-order valence-electron chi connectivity index (χ1n) is 9.31. The first-order valence-corrected chi connectivity index (χ1v) is 10.1. The third-order valence-electron chi connectivity index (χ3n) is 5.26. The molecule has 1 aliphatic carbocycles. The van der Waals surface area contributed by atoms with E-state index in [1.165, 1.54) is 23.3 Å². The van der Waals surface area contributed by atoms with Crippen molar-refractivity contribution in [3.63, 3.8) is 0 Å². The SMILES string of the molecule is CC[C@@H](O)c1cc2n(n1)CCCN(C(=O)c1cc3c(s1)CCCC3)C2. The van der Waals surface area contributed by atoms with Crippen LogP contribution in [-0.2, 0) is 25.9 Å². The predicted octanol–water partition coefficient (Wildman–Crippen LogP) is 3.31. The molecule has 1 atom stereocenters. The van der Waals surface area contributed by atoms with Crippen LogP contribution >= 0.6 is 11.3 Å². The van der Waals surface area contributed by atoms with Gasteiger partial charge in [-0.3, -0.25) is 9.48 Å². The fraction of sp³-hybridized carbons (Fsp3) is 0.579. The van der Waals surface area contributed by atoms with Crippen molar-refractivity contribution in [2.24, 2.45) is 0 Å². The number of carbonyl (C=O) groups is 1. The number of amides is 1. The number of aromatic nitrogens is 2. The summed E-state index contributed by atoms with van der Waals surface area (Å²) >= 11 is 1.69. The van der Waals surface area contributed by atoms with Crippen molar-refractivity contribution in [2.75, 3.05) is 6.54 Å². The highest BCUT2D eigenvalue weighted by Gasteiger charge is 2.25.